The highest BCUT2D eigenvalue weighted by Crippen LogP contribution is 2.30. The molecule has 10 heteroatoms. The van der Waals surface area contributed by atoms with Crippen molar-refractivity contribution in [2.45, 2.75) is 50.3 Å². The van der Waals surface area contributed by atoms with Crippen molar-refractivity contribution in [1.82, 2.24) is 4.73 Å². The summed E-state index contributed by atoms with van der Waals surface area (Å²) in [6.07, 6.45) is 3.17. The third kappa shape index (κ3) is 5.91. The van der Waals surface area contributed by atoms with Crippen molar-refractivity contribution < 1.29 is 37.6 Å². The van der Waals surface area contributed by atoms with Crippen LogP contribution in [0.5, 0.6) is 11.8 Å². The summed E-state index contributed by atoms with van der Waals surface area (Å²) in [6, 6.07) is 0.555. The van der Waals surface area contributed by atoms with Crippen LogP contribution in [0.3, 0.4) is 0 Å². The van der Waals surface area contributed by atoms with Crippen LogP contribution >= 0.6 is 0 Å². The molecule has 0 aliphatic carbocycles. The summed E-state index contributed by atoms with van der Waals surface area (Å²) >= 11 is 0. The molecule has 1 aromatic heterocycles. The lowest BCUT2D eigenvalue weighted by molar-refractivity contribution is -0.145. The van der Waals surface area contributed by atoms with Gasteiger partial charge in [-0.1, -0.05) is 12.8 Å². The zero-order valence-corrected chi connectivity index (χ0v) is 13.4. The van der Waals surface area contributed by atoms with Gasteiger partial charge in [0.2, 0.25) is 5.88 Å². The summed E-state index contributed by atoms with van der Waals surface area (Å²) in [5, 5.41) is 19.0. The van der Waals surface area contributed by atoms with Gasteiger partial charge in [-0.2, -0.15) is 8.42 Å². The van der Waals surface area contributed by atoms with E-state index in [-0.39, 0.29) is 16.9 Å². The van der Waals surface area contributed by atoms with Gasteiger partial charge in [-0.15, -0.1) is 4.73 Å². The number of nitrogens with zero attached hydrogens (tertiary/aromatic N) is 1. The second-order valence-electron chi connectivity index (χ2n) is 5.04. The highest BCUT2D eigenvalue weighted by atomic mass is 32.2. The lowest BCUT2D eigenvalue weighted by Crippen LogP contribution is -2.18. The molecule has 130 valence electrons. The number of hydrogen-bond donors (Lipinski definition) is 3. The van der Waals surface area contributed by atoms with E-state index in [1.165, 1.54) is 6.92 Å². The first-order valence-electron chi connectivity index (χ1n) is 6.94. The molecule has 0 aromatic carbocycles. The van der Waals surface area contributed by atoms with Gasteiger partial charge in [0.05, 0.1) is 0 Å². The second-order valence-corrected chi connectivity index (χ2v) is 6.43. The monoisotopic (exact) mass is 349 g/mol. The molecule has 0 saturated heterocycles. The standard InChI is InChI=1S/C13H19NO8S/c1-9(15)6-4-2-3-5-7-12(17)22-14-11(16)8-10(13(14)18)23(19,20)21/h8,16,18H,2-7H2,1H3,(H,19,20,21). The first kappa shape index (κ1) is 19.0. The molecule has 0 aliphatic heterocycles. The van der Waals surface area contributed by atoms with Crippen LogP contribution < -0.4 is 4.84 Å². The van der Waals surface area contributed by atoms with E-state index in [2.05, 4.69) is 4.84 Å². The third-order valence-electron chi connectivity index (χ3n) is 3.01. The Labute approximate surface area is 133 Å². The molecule has 1 heterocycles. The lowest BCUT2D eigenvalue weighted by Gasteiger charge is -2.07. The van der Waals surface area contributed by atoms with Crippen LogP contribution in [-0.2, 0) is 19.7 Å². The van der Waals surface area contributed by atoms with Crippen LogP contribution in [0.4, 0.5) is 0 Å². The molecule has 0 aliphatic rings. The molecule has 3 N–H and O–H groups in total. The molecular formula is C13H19NO8S. The average Bonchev–Trinajstić information content (AvgIpc) is 2.70. The van der Waals surface area contributed by atoms with Crippen LogP contribution in [0.15, 0.2) is 11.0 Å². The van der Waals surface area contributed by atoms with E-state index in [1.807, 2.05) is 0 Å². The normalized spacial score (nSPS) is 11.4. The van der Waals surface area contributed by atoms with Crippen LogP contribution in [0.1, 0.15) is 45.4 Å². The van der Waals surface area contributed by atoms with Gasteiger partial charge in [0.15, 0.2) is 4.90 Å². The van der Waals surface area contributed by atoms with Gasteiger partial charge in [0.25, 0.3) is 16.0 Å². The van der Waals surface area contributed by atoms with Crippen molar-refractivity contribution in [2.75, 3.05) is 0 Å². The number of carbonyl (C=O) groups excluding carboxylic acids is 2. The zero-order chi connectivity index (χ0) is 17.6. The average molecular weight is 349 g/mol. The summed E-state index contributed by atoms with van der Waals surface area (Å²) in [7, 11) is -4.75. The fourth-order valence-electron chi connectivity index (χ4n) is 1.87. The van der Waals surface area contributed by atoms with Gasteiger partial charge in [-0.25, -0.2) is 4.79 Å². The highest BCUT2D eigenvalue weighted by molar-refractivity contribution is 7.86. The predicted molar refractivity (Wildman–Crippen MR) is 77.5 cm³/mol. The first-order chi connectivity index (χ1) is 10.6. The molecule has 9 nitrogen and oxygen atoms in total. The van der Waals surface area contributed by atoms with Gasteiger partial charge in [0.1, 0.15) is 5.78 Å². The molecule has 0 spiro atoms. The Morgan fingerprint density at radius 1 is 1.13 bits per heavy atom. The Kier molecular flexibility index (Phi) is 6.58. The molecule has 0 amide bonds. The summed E-state index contributed by atoms with van der Waals surface area (Å²) in [5.74, 6) is -2.62. The number of Topliss-reactive ketones (excluding diaryl/α,β-unsaturated/α-hetero) is 1. The van der Waals surface area contributed by atoms with Crippen molar-refractivity contribution in [1.29, 1.82) is 0 Å². The van der Waals surface area contributed by atoms with E-state index < -0.39 is 32.7 Å². The quantitative estimate of drug-likeness (QED) is 0.443. The van der Waals surface area contributed by atoms with Crippen molar-refractivity contribution in [2.24, 2.45) is 0 Å². The van der Waals surface area contributed by atoms with Gasteiger partial charge >= 0.3 is 5.97 Å². The van der Waals surface area contributed by atoms with Crippen molar-refractivity contribution >= 4 is 21.9 Å². The van der Waals surface area contributed by atoms with Gasteiger partial charge in [0, 0.05) is 18.9 Å². The molecular weight excluding hydrogens is 330 g/mol. The number of ketones is 1. The maximum absolute atomic E-state index is 11.6. The molecule has 0 bridgehead atoms. The zero-order valence-electron chi connectivity index (χ0n) is 12.6. The van der Waals surface area contributed by atoms with E-state index in [9.17, 15) is 28.2 Å². The molecule has 1 rings (SSSR count). The maximum atomic E-state index is 11.6. The van der Waals surface area contributed by atoms with Crippen LogP contribution in [0, 0.1) is 0 Å². The van der Waals surface area contributed by atoms with Gasteiger partial charge in [-0.3, -0.25) is 4.55 Å². The van der Waals surface area contributed by atoms with E-state index in [1.54, 1.807) is 0 Å². The Balaban J connectivity index is 2.49. The van der Waals surface area contributed by atoms with Crippen LogP contribution in [0.25, 0.3) is 0 Å². The minimum atomic E-state index is -4.75. The highest BCUT2D eigenvalue weighted by Gasteiger charge is 2.25. The molecule has 0 fully saturated rings. The fraction of sp³-hybridized carbons (Fsp3) is 0.538. The Bertz CT molecular complexity index is 676. The third-order valence-corrected chi connectivity index (χ3v) is 3.87. The molecule has 23 heavy (non-hydrogen) atoms. The Morgan fingerprint density at radius 3 is 2.17 bits per heavy atom. The Morgan fingerprint density at radius 2 is 1.70 bits per heavy atom. The summed E-state index contributed by atoms with van der Waals surface area (Å²) in [4.78, 5) is 26.0. The fourth-order valence-corrected chi connectivity index (χ4v) is 2.44. The first-order valence-corrected chi connectivity index (χ1v) is 8.38. The van der Waals surface area contributed by atoms with E-state index in [0.29, 0.717) is 25.3 Å². The van der Waals surface area contributed by atoms with Crippen molar-refractivity contribution in [3.05, 3.63) is 6.07 Å². The van der Waals surface area contributed by atoms with E-state index in [0.717, 1.165) is 12.8 Å². The van der Waals surface area contributed by atoms with Crippen molar-refractivity contribution in [3.63, 3.8) is 0 Å². The SMILES string of the molecule is CC(=O)CCCCCCC(=O)On1c(O)cc(S(=O)(=O)O)c1O. The van der Waals surface area contributed by atoms with E-state index in [4.69, 9.17) is 4.55 Å². The van der Waals surface area contributed by atoms with Gasteiger partial charge < -0.3 is 19.8 Å². The number of rotatable bonds is 9. The number of unbranched alkanes of at least 4 members (excludes halogenated alkanes) is 3. The minimum absolute atomic E-state index is 0.0155. The predicted octanol–water partition coefficient (Wildman–Crippen LogP) is 1.03. The summed E-state index contributed by atoms with van der Waals surface area (Å²) < 4.78 is 30.9. The molecule has 0 radical (unpaired) electrons. The van der Waals surface area contributed by atoms with E-state index >= 15 is 0 Å². The van der Waals surface area contributed by atoms with Gasteiger partial charge in [-0.05, 0) is 19.8 Å². The molecule has 0 atom stereocenters. The lowest BCUT2D eigenvalue weighted by atomic mass is 10.1. The Hall–Kier alpha value is -2.07. The smallest absolute Gasteiger partial charge is 0.333 e. The number of aromatic hydroxyl groups is 2. The number of hydrogen-bond acceptors (Lipinski definition) is 7. The summed E-state index contributed by atoms with van der Waals surface area (Å²) in [6.45, 7) is 1.51. The summed E-state index contributed by atoms with van der Waals surface area (Å²) in [5.41, 5.74) is 0. The van der Waals surface area contributed by atoms with Crippen molar-refractivity contribution in [3.8, 4) is 11.8 Å². The largest absolute Gasteiger partial charge is 0.492 e. The van der Waals surface area contributed by atoms with Crippen LogP contribution in [-0.4, -0.2) is 39.7 Å². The van der Waals surface area contributed by atoms with Crippen LogP contribution in [0.2, 0.25) is 0 Å². The second kappa shape index (κ2) is 7.97. The minimum Gasteiger partial charge on any atom is -0.492 e. The molecule has 1 aromatic rings. The topological polar surface area (TPSA) is 143 Å². The maximum Gasteiger partial charge on any atom is 0.333 e. The molecule has 0 saturated carbocycles. The number of carbonyl (C=O) groups is 2. The molecule has 0 unspecified atom stereocenters. The number of aromatic nitrogens is 1.